The molecule has 1 aliphatic rings. The normalized spacial score (nSPS) is 23.4. The van der Waals surface area contributed by atoms with E-state index in [1.807, 2.05) is 20.8 Å². The van der Waals surface area contributed by atoms with Gasteiger partial charge in [0.15, 0.2) is 5.82 Å². The number of carbonyl (C=O) groups excluding carboxylic acids is 1. The summed E-state index contributed by atoms with van der Waals surface area (Å²) in [5, 5.41) is 17.6. The summed E-state index contributed by atoms with van der Waals surface area (Å²) in [6.07, 6.45) is 0.264. The van der Waals surface area contributed by atoms with Crippen molar-refractivity contribution >= 4 is 6.09 Å². The van der Waals surface area contributed by atoms with E-state index >= 15 is 0 Å². The second kappa shape index (κ2) is 4.76. The minimum atomic E-state index is -0.611. The van der Waals surface area contributed by atoms with Crippen LogP contribution in [-0.4, -0.2) is 45.0 Å². The molecule has 8 heteroatoms. The van der Waals surface area contributed by atoms with E-state index in [-0.39, 0.29) is 0 Å². The second-order valence-electron chi connectivity index (χ2n) is 5.76. The van der Waals surface area contributed by atoms with Crippen LogP contribution in [0.15, 0.2) is 0 Å². The number of hydrogen-bond acceptors (Lipinski definition) is 6. The molecule has 1 fully saturated rings. The highest BCUT2D eigenvalue weighted by Gasteiger charge is 2.42. The Labute approximate surface area is 111 Å². The average Bonchev–Trinajstić information content (AvgIpc) is 2.84. The number of amides is 1. The average molecular weight is 268 g/mol. The smallest absolute Gasteiger partial charge is 0.408 e. The fourth-order valence-corrected chi connectivity index (χ4v) is 2.18. The van der Waals surface area contributed by atoms with Gasteiger partial charge in [0.2, 0.25) is 0 Å². The molecule has 0 spiro atoms. The molecule has 8 nitrogen and oxygen atoms in total. The second-order valence-corrected chi connectivity index (χ2v) is 5.76. The Hall–Kier alpha value is -1.70. The predicted molar refractivity (Wildman–Crippen MR) is 67.3 cm³/mol. The number of rotatable bonds is 2. The Morgan fingerprint density at radius 2 is 2.26 bits per heavy atom. The molecular weight excluding hydrogens is 248 g/mol. The van der Waals surface area contributed by atoms with Gasteiger partial charge in [0, 0.05) is 13.6 Å². The molecule has 2 rings (SSSR count). The number of aryl methyl sites for hydroxylation is 1. The molecule has 1 atom stereocenters. The van der Waals surface area contributed by atoms with Crippen LogP contribution in [0.4, 0.5) is 4.79 Å². The monoisotopic (exact) mass is 268 g/mol. The lowest BCUT2D eigenvalue weighted by Crippen LogP contribution is -2.50. The Bertz CT molecular complexity index is 458. The largest absolute Gasteiger partial charge is 0.444 e. The Balaban J connectivity index is 2.18. The zero-order valence-corrected chi connectivity index (χ0v) is 11.7. The zero-order chi connectivity index (χ0) is 14.1. The van der Waals surface area contributed by atoms with Crippen molar-refractivity contribution in [3.05, 3.63) is 5.82 Å². The standard InChI is InChI=1S/C11H20N6O2/c1-10(2,3)19-9(18)13-11(5-6-12-7-11)8-14-15-16-17(8)4/h12H,5-7H2,1-4H3,(H,13,18). The van der Waals surface area contributed by atoms with Crippen LogP contribution in [0.1, 0.15) is 33.0 Å². The van der Waals surface area contributed by atoms with Crippen LogP contribution in [-0.2, 0) is 17.3 Å². The van der Waals surface area contributed by atoms with Crippen LogP contribution < -0.4 is 10.6 Å². The minimum absolute atomic E-state index is 0.459. The van der Waals surface area contributed by atoms with Gasteiger partial charge in [-0.25, -0.2) is 9.48 Å². The molecule has 0 aromatic carbocycles. The first kappa shape index (κ1) is 13.7. The summed E-state index contributed by atoms with van der Waals surface area (Å²) in [6.45, 7) is 6.87. The highest BCUT2D eigenvalue weighted by atomic mass is 16.6. The van der Waals surface area contributed by atoms with Crippen LogP contribution in [0.2, 0.25) is 0 Å². The lowest BCUT2D eigenvalue weighted by molar-refractivity contribution is 0.0454. The fourth-order valence-electron chi connectivity index (χ4n) is 2.18. The highest BCUT2D eigenvalue weighted by molar-refractivity contribution is 5.69. The molecule has 0 saturated carbocycles. The van der Waals surface area contributed by atoms with E-state index in [0.29, 0.717) is 12.4 Å². The van der Waals surface area contributed by atoms with E-state index in [0.717, 1.165) is 13.0 Å². The Morgan fingerprint density at radius 3 is 2.74 bits per heavy atom. The minimum Gasteiger partial charge on any atom is -0.444 e. The molecule has 1 amide bonds. The van der Waals surface area contributed by atoms with E-state index in [1.165, 1.54) is 0 Å². The van der Waals surface area contributed by atoms with Gasteiger partial charge in [-0.2, -0.15) is 0 Å². The number of alkyl carbamates (subject to hydrolysis) is 1. The number of aromatic nitrogens is 4. The van der Waals surface area contributed by atoms with Crippen molar-refractivity contribution in [1.82, 2.24) is 30.8 Å². The summed E-state index contributed by atoms with van der Waals surface area (Å²) >= 11 is 0. The van der Waals surface area contributed by atoms with E-state index in [1.54, 1.807) is 11.7 Å². The zero-order valence-electron chi connectivity index (χ0n) is 11.7. The Morgan fingerprint density at radius 1 is 1.53 bits per heavy atom. The first-order valence-electron chi connectivity index (χ1n) is 6.27. The maximum Gasteiger partial charge on any atom is 0.408 e. The number of ether oxygens (including phenoxy) is 1. The summed E-state index contributed by atoms with van der Waals surface area (Å²) in [5.41, 5.74) is -1.14. The van der Waals surface area contributed by atoms with Gasteiger partial charge in [0.05, 0.1) is 0 Å². The SMILES string of the molecule is Cn1nnnc1C1(NC(=O)OC(C)(C)C)CCNC1. The maximum atomic E-state index is 12.0. The number of nitrogens with zero attached hydrogens (tertiary/aromatic N) is 4. The van der Waals surface area contributed by atoms with E-state index in [2.05, 4.69) is 26.2 Å². The molecular formula is C11H20N6O2. The van der Waals surface area contributed by atoms with Crippen molar-refractivity contribution in [2.45, 2.75) is 38.3 Å². The lowest BCUT2D eigenvalue weighted by atomic mass is 9.98. The van der Waals surface area contributed by atoms with E-state index in [9.17, 15) is 4.79 Å². The molecule has 19 heavy (non-hydrogen) atoms. The third kappa shape index (κ3) is 3.01. The summed E-state index contributed by atoms with van der Waals surface area (Å²) in [6, 6.07) is 0. The van der Waals surface area contributed by atoms with Crippen LogP contribution in [0.3, 0.4) is 0 Å². The first-order valence-corrected chi connectivity index (χ1v) is 6.27. The van der Waals surface area contributed by atoms with Crippen molar-refractivity contribution in [3.63, 3.8) is 0 Å². The molecule has 0 radical (unpaired) electrons. The van der Waals surface area contributed by atoms with Gasteiger partial charge in [-0.1, -0.05) is 0 Å². The van der Waals surface area contributed by atoms with Gasteiger partial charge in [0.25, 0.3) is 0 Å². The molecule has 1 unspecified atom stereocenters. The third-order valence-corrected chi connectivity index (χ3v) is 2.94. The van der Waals surface area contributed by atoms with Gasteiger partial charge < -0.3 is 15.4 Å². The predicted octanol–water partition coefficient (Wildman–Crippen LogP) is -0.0766. The Kier molecular flexibility index (Phi) is 3.44. The van der Waals surface area contributed by atoms with Crippen LogP contribution in [0.25, 0.3) is 0 Å². The molecule has 1 aromatic rings. The summed E-state index contributed by atoms with van der Waals surface area (Å²) in [7, 11) is 1.76. The molecule has 0 aliphatic carbocycles. The lowest BCUT2D eigenvalue weighted by Gasteiger charge is -2.29. The molecule has 1 aromatic heterocycles. The van der Waals surface area contributed by atoms with Crippen LogP contribution in [0, 0.1) is 0 Å². The number of tetrazole rings is 1. The number of carbonyl (C=O) groups is 1. The molecule has 2 heterocycles. The third-order valence-electron chi connectivity index (χ3n) is 2.94. The van der Waals surface area contributed by atoms with Crippen molar-refractivity contribution in [1.29, 1.82) is 0 Å². The molecule has 0 bridgehead atoms. The van der Waals surface area contributed by atoms with Crippen molar-refractivity contribution in [3.8, 4) is 0 Å². The van der Waals surface area contributed by atoms with Crippen molar-refractivity contribution in [2.75, 3.05) is 13.1 Å². The molecule has 106 valence electrons. The molecule has 1 aliphatic heterocycles. The van der Waals surface area contributed by atoms with Gasteiger partial charge >= 0.3 is 6.09 Å². The van der Waals surface area contributed by atoms with Crippen molar-refractivity contribution in [2.24, 2.45) is 7.05 Å². The van der Waals surface area contributed by atoms with Gasteiger partial charge in [-0.05, 0) is 44.2 Å². The topological polar surface area (TPSA) is 94.0 Å². The van der Waals surface area contributed by atoms with Crippen molar-refractivity contribution < 1.29 is 9.53 Å². The van der Waals surface area contributed by atoms with E-state index in [4.69, 9.17) is 4.74 Å². The van der Waals surface area contributed by atoms with Crippen LogP contribution >= 0.6 is 0 Å². The fraction of sp³-hybridized carbons (Fsp3) is 0.818. The van der Waals surface area contributed by atoms with Crippen LogP contribution in [0.5, 0.6) is 0 Å². The first-order chi connectivity index (χ1) is 8.82. The number of hydrogen-bond donors (Lipinski definition) is 2. The summed E-state index contributed by atoms with van der Waals surface area (Å²) in [4.78, 5) is 12.0. The molecule has 2 N–H and O–H groups in total. The highest BCUT2D eigenvalue weighted by Crippen LogP contribution is 2.25. The van der Waals surface area contributed by atoms with E-state index < -0.39 is 17.2 Å². The summed E-state index contributed by atoms with van der Waals surface area (Å²) in [5.74, 6) is 0.628. The molecule has 1 saturated heterocycles. The van der Waals surface area contributed by atoms with Gasteiger partial charge in [0.1, 0.15) is 11.1 Å². The summed E-state index contributed by atoms with van der Waals surface area (Å²) < 4.78 is 6.88. The maximum absolute atomic E-state index is 12.0. The van der Waals surface area contributed by atoms with Gasteiger partial charge in [-0.3, -0.25) is 0 Å². The quantitative estimate of drug-likeness (QED) is 0.779. The number of nitrogens with one attached hydrogen (secondary N) is 2. The van der Waals surface area contributed by atoms with Gasteiger partial charge in [-0.15, -0.1) is 5.10 Å².